The topological polar surface area (TPSA) is 82.6 Å². The summed E-state index contributed by atoms with van der Waals surface area (Å²) in [6.45, 7) is -0.106. The molecular weight excluding hydrogens is 341 g/mol. The van der Waals surface area contributed by atoms with E-state index in [1.807, 2.05) is 12.1 Å². The Morgan fingerprint density at radius 2 is 1.92 bits per heavy atom. The molecule has 0 fully saturated rings. The predicted molar refractivity (Wildman–Crippen MR) is 91.9 cm³/mol. The maximum absolute atomic E-state index is 13.4. The number of nitrogens with zero attached hydrogens (tertiary/aromatic N) is 1. The molecule has 0 aliphatic heterocycles. The van der Waals surface area contributed by atoms with E-state index < -0.39 is 16.4 Å². The van der Waals surface area contributed by atoms with E-state index in [-0.39, 0.29) is 18.0 Å². The van der Waals surface area contributed by atoms with Crippen LogP contribution in [0.1, 0.15) is 23.1 Å². The van der Waals surface area contributed by atoms with Crippen LogP contribution < -0.4 is 10.4 Å². The van der Waals surface area contributed by atoms with E-state index in [4.69, 9.17) is 9.15 Å². The molecule has 0 saturated carbocycles. The van der Waals surface area contributed by atoms with Crippen molar-refractivity contribution < 1.29 is 18.5 Å². The molecule has 4 rings (SSSR count). The molecule has 0 N–H and O–H groups in total. The first-order valence-corrected chi connectivity index (χ1v) is 8.16. The smallest absolute Gasteiger partial charge is 0.336 e. The Labute approximate surface area is 147 Å². The average molecular weight is 355 g/mol. The molecule has 0 atom stereocenters. The van der Waals surface area contributed by atoms with Crippen LogP contribution in [0.3, 0.4) is 0 Å². The quantitative estimate of drug-likeness (QED) is 0.403. The number of nitro groups is 1. The Morgan fingerprint density at radius 1 is 1.15 bits per heavy atom. The van der Waals surface area contributed by atoms with Crippen LogP contribution >= 0.6 is 0 Å². The third-order valence-corrected chi connectivity index (χ3v) is 4.54. The minimum atomic E-state index is -0.640. The maximum atomic E-state index is 13.4. The lowest BCUT2D eigenvalue weighted by Crippen LogP contribution is -2.05. The zero-order chi connectivity index (χ0) is 18.3. The third-order valence-electron chi connectivity index (χ3n) is 4.54. The Balaban J connectivity index is 1.73. The Bertz CT molecular complexity index is 1090. The molecule has 0 spiro atoms. The number of nitro benzene ring substituents is 1. The lowest BCUT2D eigenvalue weighted by atomic mass is 10.0. The van der Waals surface area contributed by atoms with Crippen molar-refractivity contribution in [3.05, 3.63) is 79.4 Å². The Kier molecular flexibility index (Phi) is 3.91. The van der Waals surface area contributed by atoms with Crippen molar-refractivity contribution >= 4 is 16.7 Å². The van der Waals surface area contributed by atoms with Crippen LogP contribution in [0.5, 0.6) is 5.75 Å². The van der Waals surface area contributed by atoms with E-state index in [9.17, 15) is 19.3 Å². The second-order valence-corrected chi connectivity index (χ2v) is 6.22. The van der Waals surface area contributed by atoms with Crippen LogP contribution in [0, 0.1) is 15.9 Å². The molecule has 1 aliphatic rings. The summed E-state index contributed by atoms with van der Waals surface area (Å²) in [7, 11) is 0. The molecule has 0 saturated heterocycles. The number of rotatable bonds is 4. The highest BCUT2D eigenvalue weighted by molar-refractivity contribution is 5.82. The summed E-state index contributed by atoms with van der Waals surface area (Å²) in [5, 5.41) is 11.8. The van der Waals surface area contributed by atoms with E-state index >= 15 is 0 Å². The second-order valence-electron chi connectivity index (χ2n) is 6.22. The van der Waals surface area contributed by atoms with Crippen molar-refractivity contribution in [2.24, 2.45) is 0 Å². The molecule has 0 amide bonds. The van der Waals surface area contributed by atoms with Crippen molar-refractivity contribution in [1.29, 1.82) is 0 Å². The summed E-state index contributed by atoms with van der Waals surface area (Å²) >= 11 is 0. The van der Waals surface area contributed by atoms with Crippen LogP contribution in [0.25, 0.3) is 11.0 Å². The van der Waals surface area contributed by atoms with Gasteiger partial charge in [0.2, 0.25) is 0 Å². The first-order chi connectivity index (χ1) is 12.5. The molecule has 1 aliphatic carbocycles. The average Bonchev–Trinajstić information content (AvgIpc) is 3.04. The summed E-state index contributed by atoms with van der Waals surface area (Å²) < 4.78 is 24.2. The van der Waals surface area contributed by atoms with Crippen molar-refractivity contribution in [3.63, 3.8) is 0 Å². The van der Waals surface area contributed by atoms with Crippen LogP contribution in [0.2, 0.25) is 0 Å². The number of hydrogen-bond donors (Lipinski definition) is 0. The highest BCUT2D eigenvalue weighted by Crippen LogP contribution is 2.31. The van der Waals surface area contributed by atoms with Gasteiger partial charge in [-0.05, 0) is 48.6 Å². The number of fused-ring (bicyclic) bond motifs is 2. The van der Waals surface area contributed by atoms with E-state index in [0.29, 0.717) is 11.1 Å². The second kappa shape index (κ2) is 6.25. The van der Waals surface area contributed by atoms with Gasteiger partial charge in [0.15, 0.2) is 5.75 Å². The summed E-state index contributed by atoms with van der Waals surface area (Å²) in [6, 6.07) is 8.15. The summed E-state index contributed by atoms with van der Waals surface area (Å²) in [4.78, 5) is 22.3. The van der Waals surface area contributed by atoms with Crippen LogP contribution in [-0.4, -0.2) is 4.92 Å². The first kappa shape index (κ1) is 16.3. The minimum absolute atomic E-state index is 0.106. The van der Waals surface area contributed by atoms with Crippen molar-refractivity contribution in [3.8, 4) is 5.75 Å². The highest BCUT2D eigenvalue weighted by Gasteiger charge is 2.18. The number of ether oxygens (including phenoxy) is 1. The van der Waals surface area contributed by atoms with Gasteiger partial charge in [0, 0.05) is 29.1 Å². The summed E-state index contributed by atoms with van der Waals surface area (Å²) in [6.07, 6.45) is 2.96. The van der Waals surface area contributed by atoms with Gasteiger partial charge in [-0.2, -0.15) is 0 Å². The first-order valence-electron chi connectivity index (χ1n) is 8.16. The molecular formula is C19H14FNO5. The molecule has 1 heterocycles. The molecule has 2 aromatic carbocycles. The zero-order valence-corrected chi connectivity index (χ0v) is 13.7. The molecule has 0 bridgehead atoms. The lowest BCUT2D eigenvalue weighted by Gasteiger charge is -2.10. The van der Waals surface area contributed by atoms with Gasteiger partial charge in [-0.3, -0.25) is 10.1 Å². The standard InChI is InChI=1S/C19H14FNO5/c20-14-4-5-16(21(23)24)18(9-14)25-10-13-8-19(22)26-17-7-12-3-1-2-11(12)6-15(13)17/h4-9H,1-3,10H2. The SMILES string of the molecule is O=c1cc(COc2cc(F)ccc2[N+](=O)[O-])c2cc3c(cc2o1)CCC3. The fourth-order valence-electron chi connectivity index (χ4n) is 3.32. The normalized spacial score (nSPS) is 13.0. The lowest BCUT2D eigenvalue weighted by molar-refractivity contribution is -0.386. The Hall–Kier alpha value is -3.22. The van der Waals surface area contributed by atoms with Crippen molar-refractivity contribution in [1.82, 2.24) is 0 Å². The van der Waals surface area contributed by atoms with Crippen molar-refractivity contribution in [2.75, 3.05) is 0 Å². The largest absolute Gasteiger partial charge is 0.482 e. The van der Waals surface area contributed by atoms with Gasteiger partial charge in [0.05, 0.1) is 4.92 Å². The van der Waals surface area contributed by atoms with E-state index in [1.165, 1.54) is 17.2 Å². The molecule has 1 aromatic heterocycles. The van der Waals surface area contributed by atoms with E-state index in [0.717, 1.165) is 42.8 Å². The van der Waals surface area contributed by atoms with Gasteiger partial charge >= 0.3 is 11.3 Å². The van der Waals surface area contributed by atoms with Gasteiger partial charge in [0.25, 0.3) is 0 Å². The van der Waals surface area contributed by atoms with Gasteiger partial charge in [-0.1, -0.05) is 0 Å². The Morgan fingerprint density at radius 3 is 2.69 bits per heavy atom. The minimum Gasteiger partial charge on any atom is -0.482 e. The van der Waals surface area contributed by atoms with E-state index in [1.54, 1.807) is 0 Å². The van der Waals surface area contributed by atoms with Gasteiger partial charge in [0.1, 0.15) is 18.0 Å². The molecule has 6 nitrogen and oxygen atoms in total. The molecule has 132 valence electrons. The fraction of sp³-hybridized carbons (Fsp3) is 0.211. The predicted octanol–water partition coefficient (Wildman–Crippen LogP) is 3.91. The summed E-state index contributed by atoms with van der Waals surface area (Å²) in [5.41, 5.74) is 2.51. The number of benzene rings is 2. The molecule has 0 unspecified atom stereocenters. The van der Waals surface area contributed by atoms with Crippen molar-refractivity contribution in [2.45, 2.75) is 25.9 Å². The van der Waals surface area contributed by atoms with Gasteiger partial charge in [-0.25, -0.2) is 9.18 Å². The molecule has 3 aromatic rings. The fourth-order valence-corrected chi connectivity index (χ4v) is 3.32. The number of hydrogen-bond acceptors (Lipinski definition) is 5. The van der Waals surface area contributed by atoms with Gasteiger partial charge in [-0.15, -0.1) is 0 Å². The number of aryl methyl sites for hydroxylation is 2. The molecule has 26 heavy (non-hydrogen) atoms. The summed E-state index contributed by atoms with van der Waals surface area (Å²) in [5.74, 6) is -0.821. The van der Waals surface area contributed by atoms with Gasteiger partial charge < -0.3 is 9.15 Å². The van der Waals surface area contributed by atoms with Crippen LogP contribution in [0.4, 0.5) is 10.1 Å². The zero-order valence-electron chi connectivity index (χ0n) is 13.7. The highest BCUT2D eigenvalue weighted by atomic mass is 19.1. The molecule has 7 heteroatoms. The van der Waals surface area contributed by atoms with Crippen LogP contribution in [-0.2, 0) is 19.4 Å². The monoisotopic (exact) mass is 355 g/mol. The van der Waals surface area contributed by atoms with Crippen LogP contribution in [0.15, 0.2) is 45.6 Å². The number of halogens is 1. The van der Waals surface area contributed by atoms with E-state index in [2.05, 4.69) is 0 Å². The maximum Gasteiger partial charge on any atom is 0.336 e. The third kappa shape index (κ3) is 2.92. The molecule has 0 radical (unpaired) electrons.